The first-order chi connectivity index (χ1) is 7.33. The number of amides is 1. The number of carbonyl (C=O) groups is 1. The van der Waals surface area contributed by atoms with Gasteiger partial charge in [-0.3, -0.25) is 4.79 Å². The first-order valence-corrected chi connectivity index (χ1v) is 6.67. The van der Waals surface area contributed by atoms with Gasteiger partial charge < -0.3 is 15.7 Å². The predicted molar refractivity (Wildman–Crippen MR) is 63.1 cm³/mol. The molecule has 0 radical (unpaired) electrons. The lowest BCUT2D eigenvalue weighted by atomic mass is 10.5. The van der Waals surface area contributed by atoms with Crippen LogP contribution in [0.4, 0.5) is 0 Å². The summed E-state index contributed by atoms with van der Waals surface area (Å²) in [6.45, 7) is 1.55. The average Bonchev–Trinajstić information content (AvgIpc) is 3.00. The quantitative estimate of drug-likeness (QED) is 0.489. The van der Waals surface area contributed by atoms with Gasteiger partial charge >= 0.3 is 0 Å². The van der Waals surface area contributed by atoms with Crippen LogP contribution in [0.2, 0.25) is 0 Å². The van der Waals surface area contributed by atoms with Gasteiger partial charge in [-0.25, -0.2) is 0 Å². The molecule has 5 heteroatoms. The Kier molecular flexibility index (Phi) is 6.80. The summed E-state index contributed by atoms with van der Waals surface area (Å²) < 4.78 is 0. The maximum Gasteiger partial charge on any atom is 0.234 e. The van der Waals surface area contributed by atoms with Crippen LogP contribution in [0.1, 0.15) is 19.3 Å². The van der Waals surface area contributed by atoms with Crippen LogP contribution in [0.3, 0.4) is 0 Å². The number of aliphatic hydroxyl groups excluding tert-OH is 1. The summed E-state index contributed by atoms with van der Waals surface area (Å²) in [5, 5.41) is 14.6. The van der Waals surface area contributed by atoms with Crippen molar-refractivity contribution in [1.29, 1.82) is 0 Å². The summed E-state index contributed by atoms with van der Waals surface area (Å²) in [6, 6.07) is 0.457. The smallest absolute Gasteiger partial charge is 0.234 e. The summed E-state index contributed by atoms with van der Waals surface area (Å²) >= 11 is 1.80. The standard InChI is InChI=1S/C10H20N2O2S/c13-5-1-6-15-7-4-11-8-10(14)12-9-2-3-9/h9,11,13H,1-8H2,(H,12,14). The van der Waals surface area contributed by atoms with Crippen LogP contribution in [0.25, 0.3) is 0 Å². The molecule has 0 aromatic rings. The van der Waals surface area contributed by atoms with E-state index in [0.29, 0.717) is 12.6 Å². The molecule has 4 nitrogen and oxygen atoms in total. The molecule has 0 aliphatic heterocycles. The molecule has 0 atom stereocenters. The molecule has 0 bridgehead atoms. The van der Waals surface area contributed by atoms with E-state index in [1.807, 2.05) is 0 Å². The zero-order valence-electron chi connectivity index (χ0n) is 9.00. The maximum absolute atomic E-state index is 11.2. The minimum atomic E-state index is 0.109. The van der Waals surface area contributed by atoms with E-state index in [9.17, 15) is 4.79 Å². The summed E-state index contributed by atoms with van der Waals surface area (Å²) in [5.41, 5.74) is 0. The van der Waals surface area contributed by atoms with Crippen LogP contribution < -0.4 is 10.6 Å². The van der Waals surface area contributed by atoms with E-state index < -0.39 is 0 Å². The predicted octanol–water partition coefficient (Wildman–Crippen LogP) is -0.0298. The third kappa shape index (κ3) is 7.64. The largest absolute Gasteiger partial charge is 0.396 e. The van der Waals surface area contributed by atoms with Crippen molar-refractivity contribution >= 4 is 17.7 Å². The zero-order chi connectivity index (χ0) is 10.9. The number of hydrogen-bond donors (Lipinski definition) is 3. The van der Waals surface area contributed by atoms with Crippen molar-refractivity contribution in [2.75, 3.05) is 31.2 Å². The molecular formula is C10H20N2O2S. The monoisotopic (exact) mass is 232 g/mol. The fraction of sp³-hybridized carbons (Fsp3) is 0.900. The zero-order valence-corrected chi connectivity index (χ0v) is 9.81. The second-order valence-corrected chi connectivity index (χ2v) is 4.93. The van der Waals surface area contributed by atoms with Gasteiger partial charge in [0.05, 0.1) is 6.54 Å². The van der Waals surface area contributed by atoms with Crippen molar-refractivity contribution in [1.82, 2.24) is 10.6 Å². The fourth-order valence-electron chi connectivity index (χ4n) is 1.12. The van der Waals surface area contributed by atoms with Crippen molar-refractivity contribution < 1.29 is 9.90 Å². The lowest BCUT2D eigenvalue weighted by Crippen LogP contribution is -2.35. The SMILES string of the molecule is O=C(CNCCSCCCO)NC1CC1. The van der Waals surface area contributed by atoms with Crippen LogP contribution in [0.5, 0.6) is 0 Å². The number of carbonyl (C=O) groups excluding carboxylic acids is 1. The highest BCUT2D eigenvalue weighted by Gasteiger charge is 2.22. The van der Waals surface area contributed by atoms with Gasteiger partial charge in [0.2, 0.25) is 5.91 Å². The van der Waals surface area contributed by atoms with Gasteiger partial charge in [-0.15, -0.1) is 0 Å². The third-order valence-electron chi connectivity index (χ3n) is 2.10. The van der Waals surface area contributed by atoms with Gasteiger partial charge in [0.1, 0.15) is 0 Å². The van der Waals surface area contributed by atoms with Gasteiger partial charge in [0, 0.05) is 24.9 Å². The fourth-order valence-corrected chi connectivity index (χ4v) is 1.95. The molecule has 88 valence electrons. The topological polar surface area (TPSA) is 61.4 Å². The van der Waals surface area contributed by atoms with Gasteiger partial charge in [0.15, 0.2) is 0 Å². The van der Waals surface area contributed by atoms with E-state index in [0.717, 1.165) is 37.3 Å². The highest BCUT2D eigenvalue weighted by Crippen LogP contribution is 2.18. The first kappa shape index (κ1) is 12.8. The number of hydrogen-bond acceptors (Lipinski definition) is 4. The van der Waals surface area contributed by atoms with Gasteiger partial charge in [0.25, 0.3) is 0 Å². The molecule has 1 aliphatic carbocycles. The Morgan fingerprint density at radius 2 is 2.20 bits per heavy atom. The maximum atomic E-state index is 11.2. The molecule has 0 aromatic carbocycles. The van der Waals surface area contributed by atoms with Crippen LogP contribution >= 0.6 is 11.8 Å². The van der Waals surface area contributed by atoms with E-state index in [1.165, 1.54) is 0 Å². The Balaban J connectivity index is 1.77. The van der Waals surface area contributed by atoms with E-state index >= 15 is 0 Å². The Bertz CT molecular complexity index is 186. The van der Waals surface area contributed by atoms with E-state index in [4.69, 9.17) is 5.11 Å². The molecule has 0 aromatic heterocycles. The molecule has 0 saturated heterocycles. The molecular weight excluding hydrogens is 212 g/mol. The lowest BCUT2D eigenvalue weighted by molar-refractivity contribution is -0.120. The van der Waals surface area contributed by atoms with Crippen LogP contribution in [0, 0.1) is 0 Å². The summed E-state index contributed by atoms with van der Waals surface area (Å²) in [6.07, 6.45) is 3.14. The van der Waals surface area contributed by atoms with Crippen LogP contribution in [0.15, 0.2) is 0 Å². The van der Waals surface area contributed by atoms with Crippen LogP contribution in [-0.4, -0.2) is 48.3 Å². The number of nitrogens with one attached hydrogen (secondary N) is 2. The second-order valence-electron chi connectivity index (χ2n) is 3.71. The molecule has 0 spiro atoms. The number of aliphatic hydroxyl groups is 1. The molecule has 1 aliphatic rings. The Hall–Kier alpha value is -0.260. The summed E-state index contributed by atoms with van der Waals surface area (Å²) in [7, 11) is 0. The van der Waals surface area contributed by atoms with Gasteiger partial charge in [-0.2, -0.15) is 11.8 Å². The second kappa shape index (κ2) is 7.96. The molecule has 1 rings (SSSR count). The van der Waals surface area contributed by atoms with Crippen molar-refractivity contribution in [3.8, 4) is 0 Å². The summed E-state index contributed by atoms with van der Waals surface area (Å²) in [5.74, 6) is 2.10. The van der Waals surface area contributed by atoms with Gasteiger partial charge in [-0.1, -0.05) is 0 Å². The molecule has 3 N–H and O–H groups in total. The van der Waals surface area contributed by atoms with Crippen molar-refractivity contribution in [2.24, 2.45) is 0 Å². The normalized spacial score (nSPS) is 15.3. The summed E-state index contributed by atoms with van der Waals surface area (Å²) in [4.78, 5) is 11.2. The highest BCUT2D eigenvalue weighted by atomic mass is 32.2. The van der Waals surface area contributed by atoms with Crippen molar-refractivity contribution in [2.45, 2.75) is 25.3 Å². The third-order valence-corrected chi connectivity index (χ3v) is 3.17. The van der Waals surface area contributed by atoms with Crippen molar-refractivity contribution in [3.05, 3.63) is 0 Å². The molecule has 15 heavy (non-hydrogen) atoms. The molecule has 0 unspecified atom stereocenters. The highest BCUT2D eigenvalue weighted by molar-refractivity contribution is 7.99. The minimum Gasteiger partial charge on any atom is -0.396 e. The Labute approximate surface area is 95.2 Å². The van der Waals surface area contributed by atoms with Crippen LogP contribution in [-0.2, 0) is 4.79 Å². The van der Waals surface area contributed by atoms with Crippen molar-refractivity contribution in [3.63, 3.8) is 0 Å². The lowest BCUT2D eigenvalue weighted by Gasteiger charge is -2.05. The molecule has 1 saturated carbocycles. The molecule has 1 amide bonds. The van der Waals surface area contributed by atoms with Gasteiger partial charge in [-0.05, 0) is 25.0 Å². The Morgan fingerprint density at radius 1 is 1.40 bits per heavy atom. The first-order valence-electron chi connectivity index (χ1n) is 5.51. The van der Waals surface area contributed by atoms with E-state index in [-0.39, 0.29) is 12.5 Å². The molecule has 1 fully saturated rings. The average molecular weight is 232 g/mol. The number of thioether (sulfide) groups is 1. The minimum absolute atomic E-state index is 0.109. The molecule has 0 heterocycles. The number of rotatable bonds is 9. The van der Waals surface area contributed by atoms with E-state index in [2.05, 4.69) is 10.6 Å². The Morgan fingerprint density at radius 3 is 2.87 bits per heavy atom. The van der Waals surface area contributed by atoms with E-state index in [1.54, 1.807) is 11.8 Å².